The fourth-order valence-electron chi connectivity index (χ4n) is 6.04. The lowest BCUT2D eigenvalue weighted by molar-refractivity contribution is -0.126. The van der Waals surface area contributed by atoms with Crippen molar-refractivity contribution in [2.75, 3.05) is 21.3 Å². The summed E-state index contributed by atoms with van der Waals surface area (Å²) in [5.41, 5.74) is 2.49. The quantitative estimate of drug-likeness (QED) is 0.216. The van der Waals surface area contributed by atoms with E-state index in [0.717, 1.165) is 48.2 Å². The third kappa shape index (κ3) is 5.99. The van der Waals surface area contributed by atoms with Crippen LogP contribution in [0.15, 0.2) is 60.2 Å². The van der Waals surface area contributed by atoms with Crippen LogP contribution in [0.2, 0.25) is 0 Å². The number of carbonyl (C=O) groups excluding carboxylic acids is 1. The second-order valence-electron chi connectivity index (χ2n) is 11.4. The molecule has 1 fully saturated rings. The van der Waals surface area contributed by atoms with Crippen molar-refractivity contribution >= 4 is 16.3 Å². The lowest BCUT2D eigenvalue weighted by Crippen LogP contribution is -2.51. The first-order valence-corrected chi connectivity index (χ1v) is 15.5. The van der Waals surface area contributed by atoms with Crippen LogP contribution in [0.3, 0.4) is 0 Å². The van der Waals surface area contributed by atoms with E-state index in [1.165, 1.54) is 5.57 Å². The first-order valence-electron chi connectivity index (χ1n) is 14.0. The molecular formula is C32H43NO6S. The summed E-state index contributed by atoms with van der Waals surface area (Å²) in [5, 5.41) is -0.591. The molecule has 0 amide bonds. The summed E-state index contributed by atoms with van der Waals surface area (Å²) in [6, 6.07) is 15.0. The monoisotopic (exact) mass is 569 g/mol. The van der Waals surface area contributed by atoms with Crippen molar-refractivity contribution in [3.63, 3.8) is 0 Å². The maximum Gasteiger partial charge on any atom is 0.217 e. The minimum Gasteiger partial charge on any atom is -0.497 e. The molecule has 0 saturated heterocycles. The maximum absolute atomic E-state index is 14.1. The number of benzene rings is 2. The van der Waals surface area contributed by atoms with Gasteiger partial charge in [0.25, 0.3) is 0 Å². The summed E-state index contributed by atoms with van der Waals surface area (Å²) in [6.45, 7) is 6.45. The van der Waals surface area contributed by atoms with Crippen molar-refractivity contribution in [1.82, 2.24) is 4.31 Å². The fraction of sp³-hybridized carbons (Fsp3) is 0.531. The molecule has 6 atom stereocenters. The maximum atomic E-state index is 14.1. The van der Waals surface area contributed by atoms with Crippen LogP contribution in [0.1, 0.15) is 51.2 Å². The van der Waals surface area contributed by atoms with Gasteiger partial charge in [0.2, 0.25) is 10.0 Å². The molecular weight excluding hydrogens is 526 g/mol. The molecule has 1 saturated carbocycles. The van der Waals surface area contributed by atoms with E-state index < -0.39 is 20.9 Å². The number of sulfonamides is 1. The van der Waals surface area contributed by atoms with Crippen molar-refractivity contribution in [2.24, 2.45) is 23.7 Å². The molecule has 0 aromatic heterocycles. The summed E-state index contributed by atoms with van der Waals surface area (Å²) in [7, 11) is 1.27. The smallest absolute Gasteiger partial charge is 0.217 e. The van der Waals surface area contributed by atoms with Gasteiger partial charge in [-0.2, -0.15) is 4.31 Å². The van der Waals surface area contributed by atoms with Gasteiger partial charge in [0.1, 0.15) is 17.8 Å². The number of allylic oxidation sites excluding steroid dienone is 1. The van der Waals surface area contributed by atoms with E-state index in [9.17, 15) is 13.2 Å². The van der Waals surface area contributed by atoms with Crippen LogP contribution in [0, 0.1) is 23.7 Å². The zero-order chi connectivity index (χ0) is 29.1. The molecule has 0 radical (unpaired) electrons. The largest absolute Gasteiger partial charge is 0.497 e. The van der Waals surface area contributed by atoms with E-state index in [0.29, 0.717) is 0 Å². The predicted octanol–water partition coefficient (Wildman–Crippen LogP) is 5.64. The van der Waals surface area contributed by atoms with Gasteiger partial charge in [-0.15, -0.1) is 0 Å². The van der Waals surface area contributed by atoms with E-state index >= 15 is 0 Å². The average molecular weight is 570 g/mol. The molecule has 7 nitrogen and oxygen atoms in total. The minimum atomic E-state index is -3.67. The van der Waals surface area contributed by atoms with Gasteiger partial charge in [0.15, 0.2) is 0 Å². The molecule has 8 heteroatoms. The molecule has 0 N–H and O–H groups in total. The number of rotatable bonds is 14. The lowest BCUT2D eigenvalue weighted by atomic mass is 9.59. The number of ether oxygens (including phenoxy) is 3. The molecule has 2 aliphatic carbocycles. The van der Waals surface area contributed by atoms with E-state index in [-0.39, 0.29) is 36.8 Å². The summed E-state index contributed by atoms with van der Waals surface area (Å²) in [4.78, 5) is 11.5. The molecule has 0 aliphatic heterocycles. The topological polar surface area (TPSA) is 82.1 Å². The van der Waals surface area contributed by atoms with Crippen LogP contribution in [-0.2, 0) is 32.6 Å². The first-order chi connectivity index (χ1) is 19.1. The number of aldehydes is 1. The second-order valence-corrected chi connectivity index (χ2v) is 13.7. The van der Waals surface area contributed by atoms with Crippen molar-refractivity contribution in [3.8, 4) is 11.5 Å². The highest BCUT2D eigenvalue weighted by molar-refractivity contribution is 7.89. The van der Waals surface area contributed by atoms with Gasteiger partial charge in [-0.25, -0.2) is 8.42 Å². The molecule has 0 spiro atoms. The van der Waals surface area contributed by atoms with Crippen LogP contribution < -0.4 is 9.47 Å². The molecule has 2 aromatic rings. The molecule has 0 unspecified atom stereocenters. The highest BCUT2D eigenvalue weighted by Crippen LogP contribution is 2.51. The first kappa shape index (κ1) is 30.3. The van der Waals surface area contributed by atoms with Gasteiger partial charge in [-0.3, -0.25) is 0 Å². The van der Waals surface area contributed by atoms with Crippen LogP contribution in [0.5, 0.6) is 11.5 Å². The van der Waals surface area contributed by atoms with Crippen LogP contribution in [0.25, 0.3) is 0 Å². The van der Waals surface area contributed by atoms with Gasteiger partial charge in [-0.1, -0.05) is 37.3 Å². The standard InChI is InChI=1S/C32H43NO6S/c1-22(27-17-28(18-27)32(3,39-6)31-16-11-26(31)21-34)23(2)40(35,36)33(19-24-7-12-29(37-4)13-8-24)20-25-9-14-30(38-5)15-10-25/h7-10,12-15,17,21-23,26-27,31H,11,16,18-20H2,1-6H3/t22-,23-,26+,27+,31-,32+/m1/s1. The number of hydrogen-bond donors (Lipinski definition) is 0. The molecule has 0 bridgehead atoms. The number of carbonyl (C=O) groups is 1. The number of methoxy groups -OCH3 is 3. The van der Waals surface area contributed by atoms with E-state index in [4.69, 9.17) is 14.2 Å². The lowest BCUT2D eigenvalue weighted by Gasteiger charge is -2.50. The highest BCUT2D eigenvalue weighted by Gasteiger charge is 2.50. The van der Waals surface area contributed by atoms with Gasteiger partial charge < -0.3 is 19.0 Å². The average Bonchev–Trinajstić information content (AvgIpc) is 2.91. The van der Waals surface area contributed by atoms with E-state index in [2.05, 4.69) is 13.0 Å². The van der Waals surface area contributed by atoms with Gasteiger partial charge in [0.05, 0.1) is 25.1 Å². The molecule has 2 aromatic carbocycles. The molecule has 218 valence electrons. The van der Waals surface area contributed by atoms with Crippen molar-refractivity contribution in [1.29, 1.82) is 0 Å². The predicted molar refractivity (Wildman–Crippen MR) is 157 cm³/mol. The van der Waals surface area contributed by atoms with Gasteiger partial charge in [-0.05, 0) is 85.9 Å². The zero-order valence-electron chi connectivity index (χ0n) is 24.5. The van der Waals surface area contributed by atoms with Gasteiger partial charge in [0, 0.05) is 32.0 Å². The summed E-state index contributed by atoms with van der Waals surface area (Å²) in [5.74, 6) is 1.72. The van der Waals surface area contributed by atoms with Crippen molar-refractivity contribution in [2.45, 2.75) is 64.0 Å². The van der Waals surface area contributed by atoms with Crippen molar-refractivity contribution < 1.29 is 27.4 Å². The Morgan fingerprint density at radius 2 is 1.43 bits per heavy atom. The Labute approximate surface area is 239 Å². The van der Waals surface area contributed by atoms with E-state index in [1.807, 2.05) is 62.4 Å². The van der Waals surface area contributed by atoms with Crippen LogP contribution in [-0.4, -0.2) is 51.2 Å². The number of nitrogens with zero attached hydrogens (tertiary/aromatic N) is 1. The third-order valence-electron chi connectivity index (χ3n) is 9.42. The Balaban J connectivity index is 1.54. The Kier molecular flexibility index (Phi) is 9.43. The van der Waals surface area contributed by atoms with Crippen LogP contribution >= 0.6 is 0 Å². The zero-order valence-corrected chi connectivity index (χ0v) is 25.3. The Bertz CT molecular complexity index is 1240. The molecule has 2 aliphatic rings. The van der Waals surface area contributed by atoms with Crippen molar-refractivity contribution in [3.05, 3.63) is 71.3 Å². The second kappa shape index (κ2) is 12.5. The SMILES string of the molecule is COc1ccc(CN(Cc2ccc(OC)cc2)S(=O)(=O)[C@H](C)[C@@H](C)[C@H]2C=C([C@](C)(OC)[C@@H]3CC[C@H]3C=O)C2)cc1. The summed E-state index contributed by atoms with van der Waals surface area (Å²) >= 11 is 0. The minimum absolute atomic E-state index is 0.0334. The molecule has 40 heavy (non-hydrogen) atoms. The van der Waals surface area contributed by atoms with Gasteiger partial charge >= 0.3 is 0 Å². The van der Waals surface area contributed by atoms with E-state index in [1.54, 1.807) is 25.6 Å². The summed E-state index contributed by atoms with van der Waals surface area (Å²) in [6.07, 6.45) is 5.91. The molecule has 0 heterocycles. The number of hydrogen-bond acceptors (Lipinski definition) is 6. The third-order valence-corrected chi connectivity index (χ3v) is 11.8. The molecule has 4 rings (SSSR count). The highest BCUT2D eigenvalue weighted by atomic mass is 32.2. The Hall–Kier alpha value is -2.68. The Morgan fingerprint density at radius 3 is 1.80 bits per heavy atom. The fourth-order valence-corrected chi connectivity index (χ4v) is 7.91. The van der Waals surface area contributed by atoms with Crippen LogP contribution in [0.4, 0.5) is 0 Å². The Morgan fingerprint density at radius 1 is 0.925 bits per heavy atom. The normalized spacial score (nSPS) is 23.7. The summed E-state index contributed by atoms with van der Waals surface area (Å²) < 4.78 is 46.4.